The maximum absolute atomic E-state index is 13.0. The van der Waals surface area contributed by atoms with Crippen molar-refractivity contribution in [3.8, 4) is 0 Å². The molecule has 0 bridgehead atoms. The highest BCUT2D eigenvalue weighted by Crippen LogP contribution is 2.39. The molecule has 2 aliphatic carbocycles. The van der Waals surface area contributed by atoms with E-state index in [4.69, 9.17) is 4.74 Å². The number of aryl methyl sites for hydroxylation is 1. The van der Waals surface area contributed by atoms with E-state index < -0.39 is 16.0 Å². The van der Waals surface area contributed by atoms with Crippen LogP contribution in [0, 0.1) is 0 Å². The third-order valence-corrected chi connectivity index (χ3v) is 9.64. The first-order valence-electron chi connectivity index (χ1n) is 11.5. The van der Waals surface area contributed by atoms with Gasteiger partial charge in [-0.05, 0) is 75.3 Å². The van der Waals surface area contributed by atoms with E-state index in [1.807, 2.05) is 0 Å². The first-order chi connectivity index (χ1) is 15.8. The van der Waals surface area contributed by atoms with Gasteiger partial charge in [0.15, 0.2) is 0 Å². The first kappa shape index (κ1) is 23.9. The Morgan fingerprint density at radius 2 is 1.76 bits per heavy atom. The van der Waals surface area contributed by atoms with Crippen LogP contribution in [0.2, 0.25) is 0 Å². The van der Waals surface area contributed by atoms with Crippen molar-refractivity contribution in [1.82, 2.24) is 4.31 Å². The Hall–Kier alpha value is -2.23. The van der Waals surface area contributed by atoms with E-state index in [9.17, 15) is 18.0 Å². The number of fused-ring (bicyclic) bond motifs is 1. The number of thiophene rings is 1. The molecule has 2 aliphatic rings. The fourth-order valence-corrected chi connectivity index (χ4v) is 7.35. The maximum Gasteiger partial charge on any atom is 0.341 e. The molecule has 0 radical (unpaired) electrons. The van der Waals surface area contributed by atoms with Gasteiger partial charge >= 0.3 is 5.97 Å². The number of hydrogen-bond donors (Lipinski definition) is 1. The summed E-state index contributed by atoms with van der Waals surface area (Å²) >= 11 is 1.43. The molecule has 0 unspecified atom stereocenters. The van der Waals surface area contributed by atoms with Crippen molar-refractivity contribution in [3.63, 3.8) is 0 Å². The summed E-state index contributed by atoms with van der Waals surface area (Å²) in [6, 6.07) is 6.01. The molecule has 2 aromatic rings. The number of benzene rings is 1. The molecule has 1 fully saturated rings. The molecule has 0 saturated heterocycles. The number of ether oxygens (including phenoxy) is 1. The molecule has 7 nitrogen and oxygen atoms in total. The van der Waals surface area contributed by atoms with E-state index >= 15 is 0 Å². The van der Waals surface area contributed by atoms with Crippen LogP contribution >= 0.6 is 11.3 Å². The van der Waals surface area contributed by atoms with Gasteiger partial charge in [0.05, 0.1) is 17.1 Å². The van der Waals surface area contributed by atoms with Crippen LogP contribution in [-0.4, -0.2) is 44.3 Å². The summed E-state index contributed by atoms with van der Waals surface area (Å²) < 4.78 is 32.6. The lowest BCUT2D eigenvalue weighted by atomic mass is 9.95. The minimum atomic E-state index is -3.61. The largest absolute Gasteiger partial charge is 0.462 e. The summed E-state index contributed by atoms with van der Waals surface area (Å²) in [5.74, 6) is -0.796. The standard InChI is InChI=1S/C24H30N2O5S2/c1-3-31-24(28)21-19-10-6-7-11-20(19)32-23(21)25-22(27)16-12-14-18(15-13-16)33(29,30)26(2)17-8-4-5-9-17/h12-15,17H,3-11H2,1-2H3,(H,25,27). The fourth-order valence-electron chi connectivity index (χ4n) is 4.66. The topological polar surface area (TPSA) is 92.8 Å². The van der Waals surface area contributed by atoms with Gasteiger partial charge in [0, 0.05) is 23.5 Å². The van der Waals surface area contributed by atoms with Gasteiger partial charge in [-0.25, -0.2) is 13.2 Å². The van der Waals surface area contributed by atoms with Crippen LogP contribution in [0.15, 0.2) is 29.2 Å². The van der Waals surface area contributed by atoms with Crippen LogP contribution in [0.25, 0.3) is 0 Å². The molecule has 0 aliphatic heterocycles. The second-order valence-corrected chi connectivity index (χ2v) is 11.7. The lowest BCUT2D eigenvalue weighted by Gasteiger charge is -2.23. The van der Waals surface area contributed by atoms with Crippen molar-refractivity contribution < 1.29 is 22.7 Å². The molecule has 1 saturated carbocycles. The summed E-state index contributed by atoms with van der Waals surface area (Å²) in [6.45, 7) is 2.02. The Bertz CT molecular complexity index is 1130. The molecule has 1 amide bonds. The first-order valence-corrected chi connectivity index (χ1v) is 13.8. The molecule has 1 N–H and O–H groups in total. The Labute approximate surface area is 199 Å². The van der Waals surface area contributed by atoms with Crippen molar-refractivity contribution in [3.05, 3.63) is 45.8 Å². The molecule has 1 heterocycles. The molecule has 0 atom stereocenters. The van der Waals surface area contributed by atoms with Crippen molar-refractivity contribution in [2.45, 2.75) is 69.2 Å². The van der Waals surface area contributed by atoms with E-state index in [1.54, 1.807) is 14.0 Å². The van der Waals surface area contributed by atoms with Gasteiger partial charge in [-0.1, -0.05) is 12.8 Å². The highest BCUT2D eigenvalue weighted by atomic mass is 32.2. The molecule has 4 rings (SSSR count). The number of esters is 1. The van der Waals surface area contributed by atoms with Crippen LogP contribution in [-0.2, 0) is 27.6 Å². The highest BCUT2D eigenvalue weighted by Gasteiger charge is 2.30. The summed E-state index contributed by atoms with van der Waals surface area (Å²) in [5, 5.41) is 3.37. The normalized spacial score (nSPS) is 16.6. The van der Waals surface area contributed by atoms with Gasteiger partial charge in [0.2, 0.25) is 10.0 Å². The quantitative estimate of drug-likeness (QED) is 0.572. The van der Waals surface area contributed by atoms with Crippen LogP contribution < -0.4 is 5.32 Å². The number of anilines is 1. The Kier molecular flexibility index (Phi) is 7.21. The number of rotatable bonds is 7. The van der Waals surface area contributed by atoms with Crippen LogP contribution in [0.3, 0.4) is 0 Å². The average Bonchev–Trinajstić information content (AvgIpc) is 3.46. The number of carbonyl (C=O) groups excluding carboxylic acids is 2. The SMILES string of the molecule is CCOC(=O)c1c(NC(=O)c2ccc(S(=O)(=O)N(C)C3CCCC3)cc2)sc2c1CCCC2. The van der Waals surface area contributed by atoms with E-state index in [0.717, 1.165) is 61.8 Å². The predicted octanol–water partition coefficient (Wildman–Crippen LogP) is 4.62. The fraction of sp³-hybridized carbons (Fsp3) is 0.500. The number of hydrogen-bond acceptors (Lipinski definition) is 6. The minimum Gasteiger partial charge on any atom is -0.462 e. The highest BCUT2D eigenvalue weighted by molar-refractivity contribution is 7.89. The Balaban J connectivity index is 1.54. The van der Waals surface area contributed by atoms with Gasteiger partial charge in [0.1, 0.15) is 5.00 Å². The van der Waals surface area contributed by atoms with E-state index in [0.29, 0.717) is 16.1 Å². The second-order valence-electron chi connectivity index (χ2n) is 8.57. The zero-order valence-corrected chi connectivity index (χ0v) is 20.7. The summed E-state index contributed by atoms with van der Waals surface area (Å²) in [5.41, 5.74) is 1.78. The molecular weight excluding hydrogens is 460 g/mol. The zero-order valence-electron chi connectivity index (χ0n) is 19.1. The third kappa shape index (κ3) is 4.85. The van der Waals surface area contributed by atoms with Crippen molar-refractivity contribution in [2.75, 3.05) is 19.0 Å². The van der Waals surface area contributed by atoms with Crippen molar-refractivity contribution in [1.29, 1.82) is 0 Å². The Morgan fingerprint density at radius 1 is 1.09 bits per heavy atom. The smallest absolute Gasteiger partial charge is 0.341 e. The molecule has 0 spiro atoms. The molecular formula is C24H30N2O5S2. The second kappa shape index (κ2) is 9.95. The number of nitrogens with zero attached hydrogens (tertiary/aromatic N) is 1. The van der Waals surface area contributed by atoms with Crippen LogP contribution in [0.5, 0.6) is 0 Å². The molecule has 1 aromatic carbocycles. The third-order valence-electron chi connectivity index (χ3n) is 6.51. The van der Waals surface area contributed by atoms with Crippen molar-refractivity contribution >= 4 is 38.2 Å². The molecule has 1 aromatic heterocycles. The van der Waals surface area contributed by atoms with E-state index in [2.05, 4.69) is 5.32 Å². The summed E-state index contributed by atoms with van der Waals surface area (Å²) in [7, 11) is -1.98. The number of sulfonamides is 1. The van der Waals surface area contributed by atoms with Gasteiger partial charge in [0.25, 0.3) is 5.91 Å². The maximum atomic E-state index is 13.0. The minimum absolute atomic E-state index is 0.0316. The van der Waals surface area contributed by atoms with Crippen LogP contribution in [0.1, 0.15) is 76.6 Å². The van der Waals surface area contributed by atoms with Gasteiger partial charge in [-0.15, -0.1) is 11.3 Å². The lowest BCUT2D eigenvalue weighted by molar-refractivity contribution is 0.0526. The monoisotopic (exact) mass is 490 g/mol. The lowest BCUT2D eigenvalue weighted by Crippen LogP contribution is -2.35. The number of nitrogens with one attached hydrogen (secondary N) is 1. The molecule has 9 heteroatoms. The summed E-state index contributed by atoms with van der Waals surface area (Å²) in [4.78, 5) is 26.8. The van der Waals surface area contributed by atoms with Crippen molar-refractivity contribution in [2.24, 2.45) is 0 Å². The van der Waals surface area contributed by atoms with Gasteiger partial charge < -0.3 is 10.1 Å². The zero-order chi connectivity index (χ0) is 23.6. The average molecular weight is 491 g/mol. The molecule has 178 valence electrons. The summed E-state index contributed by atoms with van der Waals surface area (Å²) in [6.07, 6.45) is 7.62. The van der Waals surface area contributed by atoms with Gasteiger partial charge in [-0.3, -0.25) is 4.79 Å². The molecule has 33 heavy (non-hydrogen) atoms. The van der Waals surface area contributed by atoms with E-state index in [-0.39, 0.29) is 23.5 Å². The van der Waals surface area contributed by atoms with Crippen LogP contribution in [0.4, 0.5) is 5.00 Å². The number of carbonyl (C=O) groups is 2. The number of amides is 1. The van der Waals surface area contributed by atoms with E-state index in [1.165, 1.54) is 39.9 Å². The Morgan fingerprint density at radius 3 is 2.42 bits per heavy atom. The van der Waals surface area contributed by atoms with Gasteiger partial charge in [-0.2, -0.15) is 4.31 Å². The predicted molar refractivity (Wildman–Crippen MR) is 129 cm³/mol.